The van der Waals surface area contributed by atoms with E-state index in [1.807, 2.05) is 24.3 Å². The molecular formula is C15H22ClNO. The number of hydrogen-bond donors (Lipinski definition) is 2. The third kappa shape index (κ3) is 2.71. The fourth-order valence-electron chi connectivity index (χ4n) is 3.21. The Hall–Kier alpha value is -0.570. The van der Waals surface area contributed by atoms with Crippen LogP contribution in [0.2, 0.25) is 5.02 Å². The van der Waals surface area contributed by atoms with Gasteiger partial charge in [0.15, 0.2) is 0 Å². The third-order valence-corrected chi connectivity index (χ3v) is 4.68. The first-order valence-electron chi connectivity index (χ1n) is 6.77. The van der Waals surface area contributed by atoms with Crippen molar-refractivity contribution in [1.29, 1.82) is 0 Å². The van der Waals surface area contributed by atoms with E-state index in [1.54, 1.807) is 0 Å². The number of halogens is 1. The van der Waals surface area contributed by atoms with Gasteiger partial charge in [0.05, 0.1) is 6.10 Å². The fraction of sp³-hybridized carbons (Fsp3) is 0.600. The van der Waals surface area contributed by atoms with Crippen molar-refractivity contribution in [2.45, 2.75) is 38.2 Å². The number of nitrogens with two attached hydrogens (primary N) is 1. The van der Waals surface area contributed by atoms with E-state index in [2.05, 4.69) is 6.92 Å². The molecule has 100 valence electrons. The van der Waals surface area contributed by atoms with Gasteiger partial charge in [-0.1, -0.05) is 49.6 Å². The lowest BCUT2D eigenvalue weighted by atomic mass is 9.81. The Kier molecular flexibility index (Phi) is 4.66. The first-order chi connectivity index (χ1) is 8.65. The van der Waals surface area contributed by atoms with Gasteiger partial charge < -0.3 is 10.8 Å². The highest BCUT2D eigenvalue weighted by Gasteiger charge is 2.35. The Balaban J connectivity index is 2.20. The van der Waals surface area contributed by atoms with Crippen LogP contribution in [0.25, 0.3) is 0 Å². The lowest BCUT2D eigenvalue weighted by Crippen LogP contribution is -2.33. The number of hydrogen-bond acceptors (Lipinski definition) is 2. The van der Waals surface area contributed by atoms with Gasteiger partial charge in [0.25, 0.3) is 0 Å². The largest absolute Gasteiger partial charge is 0.392 e. The lowest BCUT2D eigenvalue weighted by Gasteiger charge is -2.30. The third-order valence-electron chi connectivity index (χ3n) is 4.34. The molecule has 4 unspecified atom stereocenters. The molecule has 0 bridgehead atoms. The number of aliphatic hydroxyl groups excluding tert-OH is 1. The molecule has 1 saturated carbocycles. The molecule has 2 nitrogen and oxygen atoms in total. The summed E-state index contributed by atoms with van der Waals surface area (Å²) in [5.74, 6) is 0.885. The second kappa shape index (κ2) is 6.05. The summed E-state index contributed by atoms with van der Waals surface area (Å²) in [5, 5.41) is 11.3. The summed E-state index contributed by atoms with van der Waals surface area (Å²) in [4.78, 5) is 0. The summed E-state index contributed by atoms with van der Waals surface area (Å²) in [6.07, 6.45) is 3.14. The Morgan fingerprint density at radius 2 is 2.11 bits per heavy atom. The van der Waals surface area contributed by atoms with Gasteiger partial charge in [-0.05, 0) is 29.9 Å². The molecule has 0 aliphatic heterocycles. The van der Waals surface area contributed by atoms with Gasteiger partial charge in [-0.15, -0.1) is 0 Å². The van der Waals surface area contributed by atoms with Gasteiger partial charge >= 0.3 is 0 Å². The highest BCUT2D eigenvalue weighted by molar-refractivity contribution is 6.31. The molecule has 0 aromatic heterocycles. The minimum absolute atomic E-state index is 0.0516. The van der Waals surface area contributed by atoms with E-state index in [9.17, 15) is 5.11 Å². The molecule has 1 aromatic carbocycles. The van der Waals surface area contributed by atoms with E-state index in [1.165, 1.54) is 12.8 Å². The first kappa shape index (κ1) is 13.9. The van der Waals surface area contributed by atoms with Crippen LogP contribution >= 0.6 is 11.6 Å². The first-order valence-corrected chi connectivity index (χ1v) is 7.15. The quantitative estimate of drug-likeness (QED) is 0.880. The zero-order valence-corrected chi connectivity index (χ0v) is 11.6. The van der Waals surface area contributed by atoms with E-state index in [0.29, 0.717) is 23.4 Å². The summed E-state index contributed by atoms with van der Waals surface area (Å²) in [6, 6.07) is 7.70. The van der Waals surface area contributed by atoms with E-state index in [4.69, 9.17) is 17.3 Å². The number of benzene rings is 1. The van der Waals surface area contributed by atoms with Crippen molar-refractivity contribution in [3.8, 4) is 0 Å². The van der Waals surface area contributed by atoms with Crippen molar-refractivity contribution in [2.24, 2.45) is 17.6 Å². The van der Waals surface area contributed by atoms with Crippen LogP contribution in [0, 0.1) is 11.8 Å². The monoisotopic (exact) mass is 267 g/mol. The van der Waals surface area contributed by atoms with Gasteiger partial charge in [-0.25, -0.2) is 0 Å². The molecule has 1 fully saturated rings. The summed E-state index contributed by atoms with van der Waals surface area (Å²) >= 11 is 6.22. The van der Waals surface area contributed by atoms with Gasteiger partial charge in [0, 0.05) is 17.5 Å². The molecule has 0 saturated heterocycles. The van der Waals surface area contributed by atoms with Crippen molar-refractivity contribution >= 4 is 11.6 Å². The van der Waals surface area contributed by atoms with E-state index < -0.39 is 0 Å². The van der Waals surface area contributed by atoms with Crippen LogP contribution in [0.1, 0.15) is 37.7 Å². The fourth-order valence-corrected chi connectivity index (χ4v) is 3.48. The maximum absolute atomic E-state index is 10.6. The molecular weight excluding hydrogens is 246 g/mol. The molecule has 3 heteroatoms. The van der Waals surface area contributed by atoms with E-state index >= 15 is 0 Å². The Labute approximate surface area is 114 Å². The molecule has 0 amide bonds. The van der Waals surface area contributed by atoms with Crippen molar-refractivity contribution in [3.05, 3.63) is 34.9 Å². The topological polar surface area (TPSA) is 46.2 Å². The smallest absolute Gasteiger partial charge is 0.0652 e. The van der Waals surface area contributed by atoms with Crippen LogP contribution < -0.4 is 5.73 Å². The van der Waals surface area contributed by atoms with Crippen LogP contribution in [0.5, 0.6) is 0 Å². The van der Waals surface area contributed by atoms with Gasteiger partial charge in [0.1, 0.15) is 0 Å². The lowest BCUT2D eigenvalue weighted by molar-refractivity contribution is 0.0665. The standard InChI is InChI=1S/C15H22ClNO/c1-10-5-4-7-11(10)15(18)13(9-17)12-6-2-3-8-14(12)16/h2-3,6,8,10-11,13,15,18H,4-5,7,9,17H2,1H3. The molecule has 2 rings (SSSR count). The number of rotatable bonds is 4. The normalized spacial score (nSPS) is 27.1. The highest BCUT2D eigenvalue weighted by atomic mass is 35.5. The summed E-state index contributed by atoms with van der Waals surface area (Å²) < 4.78 is 0. The maximum atomic E-state index is 10.6. The maximum Gasteiger partial charge on any atom is 0.0652 e. The average molecular weight is 268 g/mol. The van der Waals surface area contributed by atoms with Crippen molar-refractivity contribution in [2.75, 3.05) is 6.54 Å². The predicted molar refractivity (Wildman–Crippen MR) is 75.8 cm³/mol. The Bertz CT molecular complexity index is 396. The van der Waals surface area contributed by atoms with Crippen LogP contribution in [0.4, 0.5) is 0 Å². The molecule has 1 aliphatic rings. The highest BCUT2D eigenvalue weighted by Crippen LogP contribution is 2.39. The Morgan fingerprint density at radius 3 is 2.67 bits per heavy atom. The molecule has 0 spiro atoms. The average Bonchev–Trinajstić information content (AvgIpc) is 2.78. The second-order valence-electron chi connectivity index (χ2n) is 5.43. The molecule has 0 heterocycles. The predicted octanol–water partition coefficient (Wildman–Crippen LogP) is 3.18. The van der Waals surface area contributed by atoms with Crippen molar-refractivity contribution in [1.82, 2.24) is 0 Å². The molecule has 18 heavy (non-hydrogen) atoms. The molecule has 0 radical (unpaired) electrons. The van der Waals surface area contributed by atoms with E-state index in [0.717, 1.165) is 12.0 Å². The van der Waals surface area contributed by atoms with Gasteiger partial charge in [-0.3, -0.25) is 0 Å². The molecule has 3 N–H and O–H groups in total. The van der Waals surface area contributed by atoms with Crippen LogP contribution in [0.3, 0.4) is 0 Å². The summed E-state index contributed by atoms with van der Waals surface area (Å²) in [5.41, 5.74) is 6.85. The SMILES string of the molecule is CC1CCCC1C(O)C(CN)c1ccccc1Cl. The molecule has 4 atom stereocenters. The van der Waals surface area contributed by atoms with Crippen molar-refractivity contribution < 1.29 is 5.11 Å². The van der Waals surface area contributed by atoms with Crippen LogP contribution in [-0.4, -0.2) is 17.8 Å². The minimum atomic E-state index is -0.382. The Morgan fingerprint density at radius 1 is 1.39 bits per heavy atom. The second-order valence-corrected chi connectivity index (χ2v) is 5.83. The van der Waals surface area contributed by atoms with Gasteiger partial charge in [0.2, 0.25) is 0 Å². The van der Waals surface area contributed by atoms with Crippen LogP contribution in [0.15, 0.2) is 24.3 Å². The van der Waals surface area contributed by atoms with Gasteiger partial charge in [-0.2, -0.15) is 0 Å². The van der Waals surface area contributed by atoms with E-state index in [-0.39, 0.29) is 12.0 Å². The van der Waals surface area contributed by atoms with Crippen LogP contribution in [-0.2, 0) is 0 Å². The number of aliphatic hydroxyl groups is 1. The summed E-state index contributed by atoms with van der Waals surface area (Å²) in [6.45, 7) is 2.66. The molecule has 1 aromatic rings. The minimum Gasteiger partial charge on any atom is -0.392 e. The zero-order chi connectivity index (χ0) is 13.1. The van der Waals surface area contributed by atoms with Crippen molar-refractivity contribution in [3.63, 3.8) is 0 Å². The molecule has 1 aliphatic carbocycles. The summed E-state index contributed by atoms with van der Waals surface area (Å²) in [7, 11) is 0. The zero-order valence-electron chi connectivity index (χ0n) is 10.8.